The van der Waals surface area contributed by atoms with Crippen LogP contribution in [0.1, 0.15) is 31.9 Å². The first kappa shape index (κ1) is 28.4. The second-order valence-corrected chi connectivity index (χ2v) is 11.5. The lowest BCUT2D eigenvalue weighted by Gasteiger charge is -2.29. The maximum atomic E-state index is 12.6. The van der Waals surface area contributed by atoms with E-state index in [1.165, 1.54) is 16.7 Å². The van der Waals surface area contributed by atoms with Crippen LogP contribution in [0.2, 0.25) is 10.0 Å². The summed E-state index contributed by atoms with van der Waals surface area (Å²) in [7, 11) is 0. The maximum absolute atomic E-state index is 12.6. The molecule has 0 aromatic heterocycles. The fourth-order valence-corrected chi connectivity index (χ4v) is 5.53. The van der Waals surface area contributed by atoms with Crippen LogP contribution in [0.25, 0.3) is 0 Å². The summed E-state index contributed by atoms with van der Waals surface area (Å²) in [6, 6.07) is 11.0. The van der Waals surface area contributed by atoms with Crippen molar-refractivity contribution in [3.63, 3.8) is 0 Å². The first-order chi connectivity index (χ1) is 16.9. The number of rotatable bonds is 8. The van der Waals surface area contributed by atoms with Gasteiger partial charge < -0.3 is 19.9 Å². The molecule has 11 heteroatoms. The number of thiocarbonyl (C=S) groups is 1. The number of nitrogens with zero attached hydrogens (tertiary/aromatic N) is 1. The highest BCUT2D eigenvalue weighted by atomic mass is 35.5. The van der Waals surface area contributed by atoms with Gasteiger partial charge in [0.15, 0.2) is 0 Å². The topological polar surface area (TPSA) is 88.1 Å². The molecule has 0 bridgehead atoms. The lowest BCUT2D eigenvalue weighted by Crippen LogP contribution is -2.52. The molecule has 1 heterocycles. The standard InChI is InChI=1S/C25H28Cl2N2O5S2/c1-25(2,3)34-24(32)29-14-36-13-21(29)22(35)28-20(23(30)31)11-15-7-9-16(10-8-15)33-12-17-18(26)5-4-6-19(17)27/h4-10,20-21H,11-14H2,1-3H3,(H,28,35)(H,30,31)/t20-,21+/m1/s1. The van der Waals surface area contributed by atoms with Crippen LogP contribution in [0, 0.1) is 0 Å². The summed E-state index contributed by atoms with van der Waals surface area (Å²) >= 11 is 19.4. The number of nitrogens with one attached hydrogen (secondary N) is 1. The van der Waals surface area contributed by atoms with Crippen LogP contribution in [0.5, 0.6) is 5.75 Å². The maximum Gasteiger partial charge on any atom is 0.411 e. The smallest absolute Gasteiger partial charge is 0.411 e. The van der Waals surface area contributed by atoms with E-state index in [1.54, 1.807) is 63.2 Å². The van der Waals surface area contributed by atoms with E-state index in [-0.39, 0.29) is 13.0 Å². The number of aliphatic carboxylic acids is 1. The van der Waals surface area contributed by atoms with Gasteiger partial charge in [0, 0.05) is 27.8 Å². The van der Waals surface area contributed by atoms with Crippen molar-refractivity contribution in [3.05, 3.63) is 63.6 Å². The Labute approximate surface area is 230 Å². The van der Waals surface area contributed by atoms with Gasteiger partial charge in [0.25, 0.3) is 0 Å². The molecular formula is C25H28Cl2N2O5S2. The summed E-state index contributed by atoms with van der Waals surface area (Å²) in [6.07, 6.45) is -0.277. The van der Waals surface area contributed by atoms with Crippen molar-refractivity contribution in [3.8, 4) is 5.75 Å². The molecule has 1 fully saturated rings. The SMILES string of the molecule is CC(C)(C)OC(=O)N1CSC[C@H]1C(=S)N[C@H](Cc1ccc(OCc2c(Cl)cccc2Cl)cc1)C(=O)O. The van der Waals surface area contributed by atoms with E-state index in [0.29, 0.717) is 38.0 Å². The summed E-state index contributed by atoms with van der Waals surface area (Å²) < 4.78 is 11.3. The molecule has 1 aliphatic rings. The quantitative estimate of drug-likeness (QED) is 0.385. The van der Waals surface area contributed by atoms with Crippen molar-refractivity contribution in [1.82, 2.24) is 10.2 Å². The molecule has 0 unspecified atom stereocenters. The molecule has 194 valence electrons. The van der Waals surface area contributed by atoms with Gasteiger partial charge in [0.05, 0.1) is 16.9 Å². The first-order valence-electron chi connectivity index (χ1n) is 11.2. The number of benzene rings is 2. The number of carboxylic acid groups (broad SMARTS) is 1. The van der Waals surface area contributed by atoms with Crippen molar-refractivity contribution in [2.45, 2.75) is 51.5 Å². The Kier molecular flexibility index (Phi) is 9.74. The highest BCUT2D eigenvalue weighted by Crippen LogP contribution is 2.27. The molecule has 1 aliphatic heterocycles. The first-order valence-corrected chi connectivity index (χ1v) is 13.5. The Morgan fingerprint density at radius 3 is 2.42 bits per heavy atom. The number of amides is 1. The van der Waals surface area contributed by atoms with E-state index in [9.17, 15) is 14.7 Å². The molecule has 2 aromatic carbocycles. The zero-order valence-corrected chi connectivity index (χ0v) is 23.3. The van der Waals surface area contributed by atoms with Crippen LogP contribution in [0.3, 0.4) is 0 Å². The molecule has 1 amide bonds. The Hall–Kier alpha value is -2.20. The predicted octanol–water partition coefficient (Wildman–Crippen LogP) is 5.80. The lowest BCUT2D eigenvalue weighted by atomic mass is 10.1. The number of halogens is 2. The molecule has 36 heavy (non-hydrogen) atoms. The fraction of sp³-hybridized carbons (Fsp3) is 0.400. The zero-order valence-electron chi connectivity index (χ0n) is 20.1. The highest BCUT2D eigenvalue weighted by molar-refractivity contribution is 7.99. The lowest BCUT2D eigenvalue weighted by molar-refractivity contribution is -0.139. The van der Waals surface area contributed by atoms with Crippen molar-refractivity contribution in [2.24, 2.45) is 0 Å². The molecule has 2 atom stereocenters. The molecular weight excluding hydrogens is 543 g/mol. The average Bonchev–Trinajstić information content (AvgIpc) is 3.28. The van der Waals surface area contributed by atoms with Gasteiger partial charge >= 0.3 is 12.1 Å². The predicted molar refractivity (Wildman–Crippen MR) is 147 cm³/mol. The molecule has 0 saturated carbocycles. The van der Waals surface area contributed by atoms with Gasteiger partial charge in [-0.1, -0.05) is 53.6 Å². The van der Waals surface area contributed by atoms with Crippen molar-refractivity contribution in [1.29, 1.82) is 0 Å². The second-order valence-electron chi connectivity index (χ2n) is 9.20. The zero-order chi connectivity index (χ0) is 26.5. The van der Waals surface area contributed by atoms with Crippen molar-refractivity contribution < 1.29 is 24.2 Å². The van der Waals surface area contributed by atoms with E-state index in [1.807, 2.05) is 0 Å². The monoisotopic (exact) mass is 570 g/mol. The number of hydrogen-bond acceptors (Lipinski definition) is 6. The Morgan fingerprint density at radius 2 is 1.83 bits per heavy atom. The summed E-state index contributed by atoms with van der Waals surface area (Å²) in [5.41, 5.74) is 0.841. The number of ether oxygens (including phenoxy) is 2. The number of carbonyl (C=O) groups is 2. The number of carboxylic acids is 1. The van der Waals surface area contributed by atoms with E-state index in [4.69, 9.17) is 44.9 Å². The summed E-state index contributed by atoms with van der Waals surface area (Å²) in [5, 5.41) is 13.8. The molecule has 2 aromatic rings. The van der Waals surface area contributed by atoms with Crippen LogP contribution in [0.15, 0.2) is 42.5 Å². The molecule has 0 spiro atoms. The third-order valence-electron chi connectivity index (χ3n) is 5.24. The van der Waals surface area contributed by atoms with E-state index in [2.05, 4.69) is 5.32 Å². The van der Waals surface area contributed by atoms with Gasteiger partial charge in [-0.05, 0) is 50.6 Å². The number of carbonyl (C=O) groups excluding carboxylic acids is 1. The molecule has 0 radical (unpaired) electrons. The minimum absolute atomic E-state index is 0.193. The van der Waals surface area contributed by atoms with Gasteiger partial charge in [-0.15, -0.1) is 11.8 Å². The molecule has 1 saturated heterocycles. The van der Waals surface area contributed by atoms with Crippen molar-refractivity contribution >= 4 is 64.2 Å². The number of hydrogen-bond donors (Lipinski definition) is 2. The average molecular weight is 572 g/mol. The summed E-state index contributed by atoms with van der Waals surface area (Å²) in [5.74, 6) is 0.556. The van der Waals surface area contributed by atoms with Gasteiger partial charge in [0.2, 0.25) is 0 Å². The van der Waals surface area contributed by atoms with Crippen LogP contribution in [-0.4, -0.2) is 56.4 Å². The Balaban J connectivity index is 1.60. The number of thioether (sulfide) groups is 1. The Morgan fingerprint density at radius 1 is 1.19 bits per heavy atom. The largest absolute Gasteiger partial charge is 0.489 e. The third kappa shape index (κ3) is 7.90. The van der Waals surface area contributed by atoms with Gasteiger partial charge in [-0.2, -0.15) is 0 Å². The van der Waals surface area contributed by atoms with Crippen LogP contribution in [-0.2, 0) is 22.6 Å². The molecule has 3 rings (SSSR count). The Bertz CT molecular complexity index is 1090. The normalized spacial score (nSPS) is 16.4. The van der Waals surface area contributed by atoms with Crippen LogP contribution < -0.4 is 10.1 Å². The molecule has 7 nitrogen and oxygen atoms in total. The molecule has 0 aliphatic carbocycles. The molecule has 2 N–H and O–H groups in total. The van der Waals surface area contributed by atoms with E-state index in [0.717, 1.165) is 5.56 Å². The van der Waals surface area contributed by atoms with Gasteiger partial charge in [-0.25, -0.2) is 9.59 Å². The summed E-state index contributed by atoms with van der Waals surface area (Å²) in [4.78, 5) is 26.4. The third-order valence-corrected chi connectivity index (χ3v) is 7.35. The van der Waals surface area contributed by atoms with E-state index < -0.39 is 29.7 Å². The summed E-state index contributed by atoms with van der Waals surface area (Å²) in [6.45, 7) is 5.59. The van der Waals surface area contributed by atoms with Crippen LogP contribution in [0.4, 0.5) is 4.79 Å². The minimum Gasteiger partial charge on any atom is -0.489 e. The van der Waals surface area contributed by atoms with Crippen molar-refractivity contribution in [2.75, 3.05) is 11.6 Å². The second kappa shape index (κ2) is 12.4. The van der Waals surface area contributed by atoms with Crippen LogP contribution >= 0.6 is 47.2 Å². The fourth-order valence-electron chi connectivity index (χ4n) is 3.41. The van der Waals surface area contributed by atoms with Gasteiger partial charge in [0.1, 0.15) is 24.0 Å². The highest BCUT2D eigenvalue weighted by Gasteiger charge is 2.36. The van der Waals surface area contributed by atoms with E-state index >= 15 is 0 Å². The minimum atomic E-state index is -1.04. The van der Waals surface area contributed by atoms with Gasteiger partial charge in [-0.3, -0.25) is 4.90 Å².